The van der Waals surface area contributed by atoms with Crippen LogP contribution >= 0.6 is 8.58 Å². The number of nitrogens with zero attached hydrogens (tertiary/aromatic N) is 1. The van der Waals surface area contributed by atoms with Crippen molar-refractivity contribution in [2.45, 2.75) is 103 Å². The highest BCUT2D eigenvalue weighted by Gasteiger charge is 2.25. The summed E-state index contributed by atoms with van der Waals surface area (Å²) in [7, 11) is 6.37. The Hall–Kier alpha value is -0.240. The zero-order valence-electron chi connectivity index (χ0n) is 18.6. The molecule has 4 heteroatoms. The third-order valence-electron chi connectivity index (χ3n) is 5.10. The smallest absolute Gasteiger partial charge is 0.157 e. The summed E-state index contributed by atoms with van der Waals surface area (Å²) >= 11 is 0. The van der Waals surface area contributed by atoms with Gasteiger partial charge in [-0.2, -0.15) is 0 Å². The summed E-state index contributed by atoms with van der Waals surface area (Å²) in [5.74, 6) is 0.0561. The summed E-state index contributed by atoms with van der Waals surface area (Å²) in [5.41, 5.74) is 0.333. The normalized spacial score (nSPS) is 13.8. The van der Waals surface area contributed by atoms with Crippen molar-refractivity contribution in [1.82, 2.24) is 0 Å². The van der Waals surface area contributed by atoms with Crippen molar-refractivity contribution in [1.29, 1.82) is 0 Å². The van der Waals surface area contributed by atoms with Gasteiger partial charge in [0.05, 0.1) is 27.7 Å². The van der Waals surface area contributed by atoms with Gasteiger partial charge >= 0.3 is 0 Å². The van der Waals surface area contributed by atoms with Gasteiger partial charge in [-0.3, -0.25) is 4.79 Å². The molecular weight excluding hydrogens is 353 g/mol. The molecule has 3 nitrogen and oxygen atoms in total. The number of rotatable bonds is 19. The first-order valence-electron chi connectivity index (χ1n) is 11.3. The van der Waals surface area contributed by atoms with E-state index in [2.05, 4.69) is 19.1 Å². The van der Waals surface area contributed by atoms with E-state index >= 15 is 0 Å². The molecule has 0 aromatic heterocycles. The van der Waals surface area contributed by atoms with Crippen LogP contribution in [0.15, 0.2) is 12.2 Å². The molecule has 0 saturated heterocycles. The second-order valence-corrected chi connectivity index (χ2v) is 10.2. The van der Waals surface area contributed by atoms with Gasteiger partial charge in [0.25, 0.3) is 0 Å². The number of likely N-dealkylation sites (N-methyl/N-ethyl adjacent to an activating group) is 1. The van der Waals surface area contributed by atoms with E-state index < -0.39 is 0 Å². The van der Waals surface area contributed by atoms with E-state index in [-0.39, 0.29) is 21.0 Å². The molecule has 0 fully saturated rings. The molecule has 0 heterocycles. The fourth-order valence-corrected chi connectivity index (χ4v) is 4.27. The quantitative estimate of drug-likeness (QED) is 0.120. The maximum atomic E-state index is 12.1. The number of carbonyl (C=O) groups is 1. The zero-order valence-corrected chi connectivity index (χ0v) is 19.6. The summed E-state index contributed by atoms with van der Waals surface area (Å²) < 4.78 is 0.660. The molecule has 0 aromatic carbocycles. The van der Waals surface area contributed by atoms with Crippen molar-refractivity contribution in [3.05, 3.63) is 12.2 Å². The Kier molecular flexibility index (Phi) is 17.7. The van der Waals surface area contributed by atoms with Gasteiger partial charge in [0.1, 0.15) is 5.78 Å². The molecule has 0 amide bonds. The maximum Gasteiger partial charge on any atom is 0.157 e. The van der Waals surface area contributed by atoms with Gasteiger partial charge in [0.2, 0.25) is 0 Å². The molecule has 160 valence electrons. The van der Waals surface area contributed by atoms with Crippen LogP contribution in [0, 0.1) is 0 Å². The van der Waals surface area contributed by atoms with Gasteiger partial charge in [-0.25, -0.2) is 0 Å². The van der Waals surface area contributed by atoms with E-state index in [1.54, 1.807) is 0 Å². The van der Waals surface area contributed by atoms with Crippen molar-refractivity contribution in [2.75, 3.05) is 27.7 Å². The number of aliphatic hydroxyl groups excluding tert-OH is 1. The van der Waals surface area contributed by atoms with Crippen molar-refractivity contribution in [3.63, 3.8) is 0 Å². The number of allylic oxidation sites excluding steroid dienone is 2. The monoisotopic (exact) mass is 400 g/mol. The second-order valence-electron chi connectivity index (χ2n) is 8.72. The fourth-order valence-electron chi connectivity index (χ4n) is 3.10. The Morgan fingerprint density at radius 2 is 1.33 bits per heavy atom. The summed E-state index contributed by atoms with van der Waals surface area (Å²) in [6, 6.07) is 0. The van der Waals surface area contributed by atoms with E-state index in [0.717, 1.165) is 12.8 Å². The molecule has 0 aliphatic rings. The molecule has 0 aliphatic heterocycles. The molecule has 0 saturated carbocycles. The number of carbonyl (C=O) groups excluding carboxylic acids is 1. The topological polar surface area (TPSA) is 37.3 Å². The summed E-state index contributed by atoms with van der Waals surface area (Å²) in [6.07, 6.45) is 22.1. The Bertz CT molecular complexity index is 377. The third kappa shape index (κ3) is 17.6. The van der Waals surface area contributed by atoms with Crippen LogP contribution < -0.4 is 0 Å². The Morgan fingerprint density at radius 3 is 1.81 bits per heavy atom. The van der Waals surface area contributed by atoms with Crippen LogP contribution in [0.4, 0.5) is 0 Å². The summed E-state index contributed by atoms with van der Waals surface area (Å²) in [6.45, 7) is 2.36. The number of hydrogen-bond donors (Lipinski definition) is 1. The van der Waals surface area contributed by atoms with E-state index in [4.69, 9.17) is 0 Å². The lowest BCUT2D eigenvalue weighted by Crippen LogP contribution is -2.45. The molecule has 0 aromatic rings. The van der Waals surface area contributed by atoms with Gasteiger partial charge in [-0.1, -0.05) is 70.4 Å². The van der Waals surface area contributed by atoms with Crippen LogP contribution in [-0.2, 0) is 4.79 Å². The van der Waals surface area contributed by atoms with Crippen LogP contribution in [0.2, 0.25) is 0 Å². The lowest BCUT2D eigenvalue weighted by atomic mass is 10.1. The molecule has 0 spiro atoms. The van der Waals surface area contributed by atoms with E-state index in [9.17, 15) is 9.90 Å². The first kappa shape index (κ1) is 26.8. The van der Waals surface area contributed by atoms with Crippen LogP contribution in [0.5, 0.6) is 0 Å². The molecule has 0 bridgehead atoms. The van der Waals surface area contributed by atoms with Gasteiger partial charge in [-0.05, 0) is 32.1 Å². The van der Waals surface area contributed by atoms with Crippen molar-refractivity contribution < 1.29 is 14.4 Å². The van der Waals surface area contributed by atoms with Crippen molar-refractivity contribution in [2.24, 2.45) is 0 Å². The molecule has 0 radical (unpaired) electrons. The Labute approximate surface area is 171 Å². The van der Waals surface area contributed by atoms with Crippen LogP contribution in [0.3, 0.4) is 0 Å². The number of quaternary nitrogens is 1. The fraction of sp³-hybridized carbons (Fsp3) is 0.870. The zero-order chi connectivity index (χ0) is 20.4. The lowest BCUT2D eigenvalue weighted by Gasteiger charge is -2.32. The van der Waals surface area contributed by atoms with E-state index in [0.29, 0.717) is 16.4 Å². The minimum absolute atomic E-state index is 0.0561. The van der Waals surface area contributed by atoms with Crippen molar-refractivity contribution >= 4 is 14.1 Å². The molecule has 27 heavy (non-hydrogen) atoms. The van der Waals surface area contributed by atoms with Crippen LogP contribution in [0.1, 0.15) is 96.8 Å². The molecule has 2 atom stereocenters. The van der Waals surface area contributed by atoms with Gasteiger partial charge in [0.15, 0.2) is 5.52 Å². The largest absolute Gasteiger partial charge is 0.390 e. The average Bonchev–Trinajstić information content (AvgIpc) is 2.62. The van der Waals surface area contributed by atoms with Crippen molar-refractivity contribution in [3.8, 4) is 0 Å². The first-order valence-corrected chi connectivity index (χ1v) is 12.4. The van der Waals surface area contributed by atoms with E-state index in [1.807, 2.05) is 21.1 Å². The predicted molar refractivity (Wildman–Crippen MR) is 122 cm³/mol. The van der Waals surface area contributed by atoms with Gasteiger partial charge in [0, 0.05) is 15.0 Å². The molecule has 0 rings (SSSR count). The lowest BCUT2D eigenvalue weighted by molar-refractivity contribution is -0.881. The maximum absolute atomic E-state index is 12.1. The number of aliphatic hydroxyl groups is 1. The molecular formula is C23H47NO2P+. The number of unbranched alkanes of at least 4 members (excludes halogenated alkanes) is 11. The summed E-state index contributed by atoms with van der Waals surface area (Å²) in [4.78, 5) is 12.1. The Balaban J connectivity index is 3.44. The summed E-state index contributed by atoms with van der Waals surface area (Å²) in [5, 5.41) is 9.45. The average molecular weight is 401 g/mol. The Morgan fingerprint density at radius 1 is 0.852 bits per heavy atom. The van der Waals surface area contributed by atoms with Gasteiger partial charge in [-0.15, -0.1) is 0 Å². The first-order chi connectivity index (χ1) is 12.9. The highest BCUT2D eigenvalue weighted by molar-refractivity contribution is 7.58. The second kappa shape index (κ2) is 17.8. The van der Waals surface area contributed by atoms with Crippen LogP contribution in [0.25, 0.3) is 0 Å². The molecule has 2 unspecified atom stereocenters. The SMILES string of the molecule is CCCCCCCC/C=C\CCCCCCCC(=O)PC(CO)[N+](C)(C)C. The molecule has 0 aliphatic carbocycles. The molecule has 1 N–H and O–H groups in total. The van der Waals surface area contributed by atoms with Gasteiger partial charge < -0.3 is 9.59 Å². The third-order valence-corrected chi connectivity index (χ3v) is 6.96. The highest BCUT2D eigenvalue weighted by atomic mass is 31.1. The highest BCUT2D eigenvalue weighted by Crippen LogP contribution is 2.27. The minimum Gasteiger partial charge on any atom is -0.390 e. The predicted octanol–water partition coefficient (Wildman–Crippen LogP) is 6.25. The standard InChI is InChI=1S/C23H47NO2P/c1-5-6-7-8-9-10-11-12-13-14-15-16-17-18-19-20-23(26)27-22(21-25)24(2,3)4/h12-13,22,25,27H,5-11,14-21H2,1-4H3/q+1/b13-12-. The minimum atomic E-state index is 0.0561. The number of hydrogen-bond acceptors (Lipinski definition) is 2. The van der Waals surface area contributed by atoms with E-state index in [1.165, 1.54) is 70.6 Å². The van der Waals surface area contributed by atoms with Crippen LogP contribution in [-0.4, -0.2) is 48.6 Å².